The topological polar surface area (TPSA) is 57.6 Å². The lowest BCUT2D eigenvalue weighted by molar-refractivity contribution is 0.0237. The first kappa shape index (κ1) is 16.2. The predicted molar refractivity (Wildman–Crippen MR) is 81.5 cm³/mol. The van der Waals surface area contributed by atoms with Gasteiger partial charge in [-0.05, 0) is 46.1 Å². The summed E-state index contributed by atoms with van der Waals surface area (Å²) in [7, 11) is -2.96. The Morgan fingerprint density at radius 3 is 2.50 bits per heavy atom. The average molecular weight is 303 g/mol. The standard InChI is InChI=1S/C15H29NO3S/c1-12(2)20(18,19)11-10-16-9-5-7-14(16)13-6-3-4-8-15(13)17/h12-15,17H,3-11H2,1-2H3. The third-order valence-electron chi connectivity index (χ3n) is 5.07. The van der Waals surface area contributed by atoms with Gasteiger partial charge >= 0.3 is 0 Å². The molecule has 2 fully saturated rings. The molecule has 1 saturated heterocycles. The van der Waals surface area contributed by atoms with Gasteiger partial charge in [-0.25, -0.2) is 8.42 Å². The van der Waals surface area contributed by atoms with Gasteiger partial charge in [-0.1, -0.05) is 12.8 Å². The number of aliphatic hydroxyl groups excluding tert-OH is 1. The zero-order valence-electron chi connectivity index (χ0n) is 12.8. The zero-order chi connectivity index (χ0) is 14.8. The van der Waals surface area contributed by atoms with Gasteiger partial charge in [0.1, 0.15) is 0 Å². The van der Waals surface area contributed by atoms with Crippen molar-refractivity contribution in [1.29, 1.82) is 0 Å². The molecular weight excluding hydrogens is 274 g/mol. The van der Waals surface area contributed by atoms with Crippen LogP contribution in [0.1, 0.15) is 52.4 Å². The smallest absolute Gasteiger partial charge is 0.153 e. The van der Waals surface area contributed by atoms with Crippen LogP contribution in [0.4, 0.5) is 0 Å². The number of hydrogen-bond acceptors (Lipinski definition) is 4. The van der Waals surface area contributed by atoms with E-state index in [2.05, 4.69) is 4.90 Å². The lowest BCUT2D eigenvalue weighted by atomic mass is 9.80. The number of rotatable bonds is 5. The van der Waals surface area contributed by atoms with Gasteiger partial charge < -0.3 is 5.11 Å². The molecule has 3 unspecified atom stereocenters. The van der Waals surface area contributed by atoms with Crippen LogP contribution in [0.5, 0.6) is 0 Å². The number of hydrogen-bond donors (Lipinski definition) is 1. The Bertz CT molecular complexity index is 407. The molecule has 2 rings (SSSR count). The molecule has 3 atom stereocenters. The van der Waals surface area contributed by atoms with E-state index in [1.807, 2.05) is 0 Å². The second-order valence-corrected chi connectivity index (χ2v) is 9.35. The van der Waals surface area contributed by atoms with Crippen LogP contribution >= 0.6 is 0 Å². The van der Waals surface area contributed by atoms with Crippen LogP contribution in [0.2, 0.25) is 0 Å². The van der Waals surface area contributed by atoms with Crippen molar-refractivity contribution < 1.29 is 13.5 Å². The molecule has 0 radical (unpaired) electrons. The molecule has 1 aliphatic carbocycles. The van der Waals surface area contributed by atoms with Gasteiger partial charge in [0.2, 0.25) is 0 Å². The van der Waals surface area contributed by atoms with Crippen molar-refractivity contribution in [3.05, 3.63) is 0 Å². The van der Waals surface area contributed by atoms with Gasteiger partial charge in [0.05, 0.1) is 17.1 Å². The lowest BCUT2D eigenvalue weighted by Crippen LogP contribution is -2.44. The van der Waals surface area contributed by atoms with Gasteiger partial charge in [0.15, 0.2) is 9.84 Å². The van der Waals surface area contributed by atoms with Gasteiger partial charge in [-0.2, -0.15) is 0 Å². The molecule has 0 aromatic carbocycles. The van der Waals surface area contributed by atoms with Gasteiger partial charge in [0, 0.05) is 18.5 Å². The van der Waals surface area contributed by atoms with E-state index >= 15 is 0 Å². The normalized spacial score (nSPS) is 32.9. The summed E-state index contributed by atoms with van der Waals surface area (Å²) in [6, 6.07) is 0.396. The van der Waals surface area contributed by atoms with E-state index in [0.717, 1.165) is 38.6 Å². The summed E-state index contributed by atoms with van der Waals surface area (Å²) in [5.74, 6) is 0.609. The highest BCUT2D eigenvalue weighted by Crippen LogP contribution is 2.34. The Labute approximate surface area is 123 Å². The summed E-state index contributed by atoms with van der Waals surface area (Å²) in [6.07, 6.45) is 6.41. The summed E-state index contributed by atoms with van der Waals surface area (Å²) in [5.41, 5.74) is 0. The fourth-order valence-electron chi connectivity index (χ4n) is 3.68. The van der Waals surface area contributed by atoms with Crippen molar-refractivity contribution in [2.45, 2.75) is 69.8 Å². The highest BCUT2D eigenvalue weighted by atomic mass is 32.2. The number of nitrogens with zero attached hydrogens (tertiary/aromatic N) is 1. The molecule has 0 aromatic heterocycles. The second-order valence-electron chi connectivity index (χ2n) is 6.68. The maximum atomic E-state index is 12.0. The molecule has 5 heteroatoms. The molecule has 0 spiro atoms. The molecule has 0 amide bonds. The largest absolute Gasteiger partial charge is 0.393 e. The van der Waals surface area contributed by atoms with E-state index in [1.165, 1.54) is 6.42 Å². The Balaban J connectivity index is 1.94. The fraction of sp³-hybridized carbons (Fsp3) is 1.00. The van der Waals surface area contributed by atoms with E-state index in [1.54, 1.807) is 13.8 Å². The van der Waals surface area contributed by atoms with Crippen LogP contribution in [0.25, 0.3) is 0 Å². The van der Waals surface area contributed by atoms with Crippen LogP contribution in [-0.4, -0.2) is 54.7 Å². The molecule has 0 bridgehead atoms. The minimum atomic E-state index is -2.96. The van der Waals surface area contributed by atoms with Crippen molar-refractivity contribution in [2.75, 3.05) is 18.8 Å². The lowest BCUT2D eigenvalue weighted by Gasteiger charge is -2.37. The monoisotopic (exact) mass is 303 g/mol. The first-order valence-corrected chi connectivity index (χ1v) is 9.77. The molecule has 0 aromatic rings. The zero-order valence-corrected chi connectivity index (χ0v) is 13.6. The highest BCUT2D eigenvalue weighted by Gasteiger charge is 2.37. The molecular formula is C15H29NO3S. The third-order valence-corrected chi connectivity index (χ3v) is 7.26. The first-order valence-electron chi connectivity index (χ1n) is 8.05. The number of aliphatic hydroxyl groups is 1. The van der Waals surface area contributed by atoms with Crippen LogP contribution < -0.4 is 0 Å². The van der Waals surface area contributed by atoms with Crippen LogP contribution in [0, 0.1) is 5.92 Å². The maximum absolute atomic E-state index is 12.0. The van der Waals surface area contributed by atoms with E-state index in [0.29, 0.717) is 18.5 Å². The van der Waals surface area contributed by atoms with Gasteiger partial charge in [0.25, 0.3) is 0 Å². The minimum Gasteiger partial charge on any atom is -0.393 e. The molecule has 20 heavy (non-hydrogen) atoms. The maximum Gasteiger partial charge on any atom is 0.153 e. The summed E-state index contributed by atoms with van der Waals surface area (Å²) in [6.45, 7) is 5.12. The van der Waals surface area contributed by atoms with Crippen molar-refractivity contribution in [2.24, 2.45) is 5.92 Å². The Kier molecular flexibility index (Phi) is 5.49. The molecule has 1 saturated carbocycles. The molecule has 118 valence electrons. The minimum absolute atomic E-state index is 0.184. The summed E-state index contributed by atoms with van der Waals surface area (Å²) >= 11 is 0. The molecule has 1 heterocycles. The number of likely N-dealkylation sites (tertiary alicyclic amines) is 1. The van der Waals surface area contributed by atoms with E-state index in [-0.39, 0.29) is 17.1 Å². The van der Waals surface area contributed by atoms with E-state index in [4.69, 9.17) is 0 Å². The Hall–Kier alpha value is -0.130. The van der Waals surface area contributed by atoms with Gasteiger partial charge in [-0.3, -0.25) is 4.90 Å². The van der Waals surface area contributed by atoms with E-state index < -0.39 is 9.84 Å². The molecule has 1 N–H and O–H groups in total. The average Bonchev–Trinajstić information content (AvgIpc) is 2.85. The quantitative estimate of drug-likeness (QED) is 0.842. The fourth-order valence-corrected chi connectivity index (χ4v) is 4.64. The SMILES string of the molecule is CC(C)S(=O)(=O)CCN1CCCC1C1CCCCC1O. The summed E-state index contributed by atoms with van der Waals surface area (Å²) < 4.78 is 23.9. The Morgan fingerprint density at radius 2 is 1.85 bits per heavy atom. The Morgan fingerprint density at radius 1 is 1.15 bits per heavy atom. The van der Waals surface area contributed by atoms with Crippen LogP contribution in [0.15, 0.2) is 0 Å². The van der Waals surface area contributed by atoms with Crippen molar-refractivity contribution >= 4 is 9.84 Å². The van der Waals surface area contributed by atoms with Crippen molar-refractivity contribution in [3.63, 3.8) is 0 Å². The highest BCUT2D eigenvalue weighted by molar-refractivity contribution is 7.92. The van der Waals surface area contributed by atoms with Crippen LogP contribution in [0.3, 0.4) is 0 Å². The van der Waals surface area contributed by atoms with Gasteiger partial charge in [-0.15, -0.1) is 0 Å². The van der Waals surface area contributed by atoms with Crippen molar-refractivity contribution in [1.82, 2.24) is 4.90 Å². The number of sulfone groups is 1. The van der Waals surface area contributed by atoms with E-state index in [9.17, 15) is 13.5 Å². The molecule has 1 aliphatic heterocycles. The third kappa shape index (κ3) is 3.74. The second kappa shape index (κ2) is 6.75. The molecule has 2 aliphatic rings. The summed E-state index contributed by atoms with van der Waals surface area (Å²) in [5, 5.41) is 9.93. The predicted octanol–water partition coefficient (Wildman–Crippen LogP) is 1.83. The summed E-state index contributed by atoms with van der Waals surface area (Å²) in [4.78, 5) is 2.32. The first-order chi connectivity index (χ1) is 9.42. The molecule has 4 nitrogen and oxygen atoms in total. The van der Waals surface area contributed by atoms with Crippen molar-refractivity contribution in [3.8, 4) is 0 Å². The van der Waals surface area contributed by atoms with Crippen LogP contribution in [-0.2, 0) is 9.84 Å².